The van der Waals surface area contributed by atoms with Crippen LogP contribution in [0.15, 0.2) is 60.0 Å². The lowest BCUT2D eigenvalue weighted by Crippen LogP contribution is -2.02. The first-order valence-corrected chi connectivity index (χ1v) is 11.5. The maximum Gasteiger partial charge on any atom is 0.293 e. The number of thioether (sulfide) groups is 1. The third-order valence-corrected chi connectivity index (χ3v) is 6.15. The van der Waals surface area contributed by atoms with E-state index in [0.717, 1.165) is 0 Å². The fraction of sp³-hybridized carbons (Fsp3) is 0.308. The molecule has 0 bridgehead atoms. The summed E-state index contributed by atoms with van der Waals surface area (Å²) in [6.07, 6.45) is 7.76. The molecule has 0 N–H and O–H groups in total. The highest BCUT2D eigenvalue weighted by Crippen LogP contribution is 2.33. The van der Waals surface area contributed by atoms with E-state index in [0.29, 0.717) is 31.0 Å². The fourth-order valence-electron chi connectivity index (χ4n) is 3.86. The summed E-state index contributed by atoms with van der Waals surface area (Å²) < 4.78 is 4.15. The highest BCUT2D eigenvalue weighted by atomic mass is 32.2. The standard InChI is InChI=1S/C18H16.C5H6OS.C3H6O2/c1-3-7-15-13(5-1)9-11-18-16-8-4-2-6-14(16)10-12-17(15)18;6-5-2-1-3-7-4-5;1-2-5-3-4/h1,3,5,7,9-12H,2,4,6,8H2;1,3H,2,4H2;3H,2H2,1H3. The molecule has 1 aliphatic carbocycles. The van der Waals surface area contributed by atoms with E-state index in [4.69, 9.17) is 0 Å². The molecule has 0 atom stereocenters. The van der Waals surface area contributed by atoms with Gasteiger partial charge in [0.25, 0.3) is 6.47 Å². The van der Waals surface area contributed by atoms with Gasteiger partial charge in [0.15, 0.2) is 0 Å². The molecule has 3 aromatic carbocycles. The molecule has 1 heterocycles. The van der Waals surface area contributed by atoms with E-state index >= 15 is 0 Å². The average molecular weight is 421 g/mol. The van der Waals surface area contributed by atoms with Crippen molar-refractivity contribution in [1.29, 1.82) is 0 Å². The number of hydrogen-bond acceptors (Lipinski definition) is 4. The lowest BCUT2D eigenvalue weighted by molar-refractivity contribution is -0.128. The van der Waals surface area contributed by atoms with Crippen molar-refractivity contribution in [3.63, 3.8) is 0 Å². The summed E-state index contributed by atoms with van der Waals surface area (Å²) in [6.45, 7) is 2.66. The van der Waals surface area contributed by atoms with Crippen LogP contribution in [0.3, 0.4) is 0 Å². The lowest BCUT2D eigenvalue weighted by atomic mass is 9.86. The highest BCUT2D eigenvalue weighted by Gasteiger charge is 2.13. The molecule has 0 amide bonds. The number of ether oxygens (including phenoxy) is 1. The van der Waals surface area contributed by atoms with Crippen LogP contribution in [0.2, 0.25) is 0 Å². The van der Waals surface area contributed by atoms with E-state index in [-0.39, 0.29) is 0 Å². The first-order valence-electron chi connectivity index (χ1n) is 10.5. The molecule has 5 rings (SSSR count). The summed E-state index contributed by atoms with van der Waals surface area (Å²) in [5.74, 6) is 1.02. The highest BCUT2D eigenvalue weighted by molar-refractivity contribution is 8.02. The summed E-state index contributed by atoms with van der Waals surface area (Å²) in [4.78, 5) is 19.6. The van der Waals surface area contributed by atoms with Crippen molar-refractivity contribution in [1.82, 2.24) is 0 Å². The van der Waals surface area contributed by atoms with Gasteiger partial charge in [0.1, 0.15) is 5.78 Å². The number of allylic oxidation sites excluding steroid dienone is 1. The first-order chi connectivity index (χ1) is 14.7. The van der Waals surface area contributed by atoms with Crippen molar-refractivity contribution in [2.45, 2.75) is 39.0 Å². The Morgan fingerprint density at radius 2 is 1.77 bits per heavy atom. The lowest BCUT2D eigenvalue weighted by Gasteiger charge is -2.18. The Hall–Kier alpha value is -2.59. The van der Waals surface area contributed by atoms with Gasteiger partial charge in [0, 0.05) is 6.42 Å². The molecule has 0 spiro atoms. The monoisotopic (exact) mass is 420 g/mol. The van der Waals surface area contributed by atoms with Gasteiger partial charge in [-0.3, -0.25) is 9.59 Å². The van der Waals surface area contributed by atoms with Crippen molar-refractivity contribution in [3.8, 4) is 0 Å². The molecule has 0 saturated heterocycles. The third kappa shape index (κ3) is 5.73. The molecule has 3 nitrogen and oxygen atoms in total. The summed E-state index contributed by atoms with van der Waals surface area (Å²) in [6, 6.07) is 18.0. The van der Waals surface area contributed by atoms with Crippen LogP contribution in [0.25, 0.3) is 21.5 Å². The zero-order chi connectivity index (χ0) is 21.2. The Morgan fingerprint density at radius 1 is 0.967 bits per heavy atom. The summed E-state index contributed by atoms with van der Waals surface area (Å²) in [7, 11) is 0. The molecule has 0 fully saturated rings. The molecule has 30 heavy (non-hydrogen) atoms. The Morgan fingerprint density at radius 3 is 2.43 bits per heavy atom. The van der Waals surface area contributed by atoms with Gasteiger partial charge in [-0.25, -0.2) is 0 Å². The number of carbonyl (C=O) groups is 2. The van der Waals surface area contributed by atoms with Crippen LogP contribution >= 0.6 is 11.8 Å². The van der Waals surface area contributed by atoms with Gasteiger partial charge in [-0.05, 0) is 70.7 Å². The van der Waals surface area contributed by atoms with Crippen LogP contribution in [0, 0.1) is 0 Å². The second kappa shape index (κ2) is 11.6. The predicted molar refractivity (Wildman–Crippen MR) is 127 cm³/mol. The van der Waals surface area contributed by atoms with Gasteiger partial charge in [-0.15, -0.1) is 11.8 Å². The SMILES string of the molecule is CCOC=O.O=C1CC=CSC1.c1ccc2c(c1)ccc1c3c(ccc12)CCCC3. The van der Waals surface area contributed by atoms with Crippen LogP contribution in [-0.2, 0) is 27.2 Å². The second-order valence-corrected chi connectivity index (χ2v) is 8.16. The number of ketones is 1. The third-order valence-electron chi connectivity index (χ3n) is 5.27. The minimum Gasteiger partial charge on any atom is -0.468 e. The van der Waals surface area contributed by atoms with Crippen molar-refractivity contribution < 1.29 is 14.3 Å². The van der Waals surface area contributed by atoms with E-state index in [1.54, 1.807) is 29.8 Å². The van der Waals surface area contributed by atoms with E-state index in [1.807, 2.05) is 11.5 Å². The summed E-state index contributed by atoms with van der Waals surface area (Å²) in [5, 5.41) is 7.62. The number of rotatable bonds is 2. The molecular formula is C26H28O3S. The molecule has 0 saturated carbocycles. The van der Waals surface area contributed by atoms with Crippen LogP contribution in [0.5, 0.6) is 0 Å². The van der Waals surface area contributed by atoms with Crippen LogP contribution in [0.4, 0.5) is 0 Å². The van der Waals surface area contributed by atoms with Gasteiger partial charge in [-0.2, -0.15) is 0 Å². The van der Waals surface area contributed by atoms with E-state index in [9.17, 15) is 9.59 Å². The second-order valence-electron chi connectivity index (χ2n) is 7.27. The van der Waals surface area contributed by atoms with Crippen molar-refractivity contribution >= 4 is 45.6 Å². The molecule has 4 heteroatoms. The molecule has 0 aromatic heterocycles. The number of carbonyl (C=O) groups excluding carboxylic acids is 2. The maximum absolute atomic E-state index is 10.4. The number of Topliss-reactive ketones (excluding diaryl/α,β-unsaturated/α-hetero) is 1. The van der Waals surface area contributed by atoms with Crippen LogP contribution in [0.1, 0.15) is 37.3 Å². The number of aryl methyl sites for hydroxylation is 2. The van der Waals surface area contributed by atoms with E-state index in [2.05, 4.69) is 53.3 Å². The molecule has 0 unspecified atom stereocenters. The Kier molecular flexibility index (Phi) is 8.52. The van der Waals surface area contributed by atoms with Gasteiger partial charge < -0.3 is 4.74 Å². The quantitative estimate of drug-likeness (QED) is 0.363. The smallest absolute Gasteiger partial charge is 0.293 e. The molecule has 2 aliphatic rings. The van der Waals surface area contributed by atoms with Gasteiger partial charge >= 0.3 is 0 Å². The Labute approximate surface area is 182 Å². The number of benzene rings is 3. The van der Waals surface area contributed by atoms with Gasteiger partial charge in [0.2, 0.25) is 0 Å². The van der Waals surface area contributed by atoms with Crippen LogP contribution in [-0.4, -0.2) is 24.6 Å². The zero-order valence-corrected chi connectivity index (χ0v) is 18.3. The molecular weight excluding hydrogens is 392 g/mol. The molecule has 1 aliphatic heterocycles. The van der Waals surface area contributed by atoms with Gasteiger partial charge in [0.05, 0.1) is 12.4 Å². The number of fused-ring (bicyclic) bond motifs is 5. The van der Waals surface area contributed by atoms with Crippen molar-refractivity contribution in [2.24, 2.45) is 0 Å². The molecule has 0 radical (unpaired) electrons. The van der Waals surface area contributed by atoms with E-state index in [1.165, 1.54) is 47.2 Å². The van der Waals surface area contributed by atoms with E-state index < -0.39 is 0 Å². The minimum atomic E-state index is 0.340. The Bertz CT molecular complexity index is 1040. The average Bonchev–Trinajstić information content (AvgIpc) is 2.80. The van der Waals surface area contributed by atoms with Crippen molar-refractivity contribution in [3.05, 3.63) is 71.1 Å². The summed E-state index contributed by atoms with van der Waals surface area (Å²) in [5.41, 5.74) is 3.17. The van der Waals surface area contributed by atoms with Crippen LogP contribution < -0.4 is 0 Å². The summed E-state index contributed by atoms with van der Waals surface area (Å²) >= 11 is 1.57. The fourth-order valence-corrected chi connectivity index (χ4v) is 4.49. The van der Waals surface area contributed by atoms with Crippen molar-refractivity contribution in [2.75, 3.05) is 12.4 Å². The molecule has 156 valence electrons. The molecule has 3 aromatic rings. The normalized spacial score (nSPS) is 14.8. The number of hydrogen-bond donors (Lipinski definition) is 0. The largest absolute Gasteiger partial charge is 0.468 e. The minimum absolute atomic E-state index is 0.340. The Balaban J connectivity index is 0.000000177. The zero-order valence-electron chi connectivity index (χ0n) is 17.4. The maximum atomic E-state index is 10.4. The topological polar surface area (TPSA) is 43.4 Å². The van der Waals surface area contributed by atoms with Gasteiger partial charge in [-0.1, -0.05) is 54.6 Å². The first kappa shape index (κ1) is 22.1. The predicted octanol–water partition coefficient (Wildman–Crippen LogP) is 6.26.